The topological polar surface area (TPSA) is 87.7 Å². The lowest BCUT2D eigenvalue weighted by Crippen LogP contribution is -2.49. The molecule has 2 aromatic heterocycles. The number of hydrogen-bond donors (Lipinski definition) is 2. The Kier molecular flexibility index (Phi) is 8.25. The van der Waals surface area contributed by atoms with Gasteiger partial charge in [-0.1, -0.05) is 6.42 Å². The van der Waals surface area contributed by atoms with Crippen LogP contribution >= 0.6 is 11.8 Å². The highest BCUT2D eigenvalue weighted by Gasteiger charge is 2.27. The maximum atomic E-state index is 12.9. The molecule has 0 bridgehead atoms. The number of rotatable bonds is 10. The Hall–Kier alpha value is -2.19. The molecule has 3 rings (SSSR count). The lowest BCUT2D eigenvalue weighted by Gasteiger charge is -2.33. The second-order valence-electron chi connectivity index (χ2n) is 7.16. The van der Waals surface area contributed by atoms with Crippen molar-refractivity contribution in [2.75, 3.05) is 31.6 Å². The van der Waals surface area contributed by atoms with Crippen molar-refractivity contribution in [2.45, 2.75) is 37.8 Å². The zero-order valence-electron chi connectivity index (χ0n) is 16.8. The molecule has 0 spiro atoms. The van der Waals surface area contributed by atoms with Gasteiger partial charge in [0.25, 0.3) is 5.91 Å². The second-order valence-corrected chi connectivity index (χ2v) is 8.14. The van der Waals surface area contributed by atoms with Crippen molar-refractivity contribution in [3.8, 4) is 0 Å². The molecular weight excluding hydrogens is 390 g/mol. The smallest absolute Gasteiger partial charge is 0.287 e. The minimum absolute atomic E-state index is 0.00349. The normalized spacial score (nSPS) is 16.9. The molecule has 1 aliphatic rings. The van der Waals surface area contributed by atoms with Gasteiger partial charge in [0.15, 0.2) is 5.76 Å². The first-order chi connectivity index (χ1) is 14.2. The average Bonchev–Trinajstić information content (AvgIpc) is 3.46. The minimum atomic E-state index is -0.612. The van der Waals surface area contributed by atoms with Crippen molar-refractivity contribution in [2.24, 2.45) is 0 Å². The zero-order chi connectivity index (χ0) is 20.5. The fourth-order valence-electron chi connectivity index (χ4n) is 3.58. The summed E-state index contributed by atoms with van der Waals surface area (Å²) in [5.74, 6) is 1.26. The minimum Gasteiger partial charge on any atom is -0.468 e. The zero-order valence-corrected chi connectivity index (χ0v) is 17.6. The third kappa shape index (κ3) is 6.14. The Morgan fingerprint density at radius 2 is 1.90 bits per heavy atom. The summed E-state index contributed by atoms with van der Waals surface area (Å²) in [7, 11) is 0. The summed E-state index contributed by atoms with van der Waals surface area (Å²) >= 11 is 1.64. The van der Waals surface area contributed by atoms with Crippen molar-refractivity contribution < 1.29 is 18.4 Å². The van der Waals surface area contributed by atoms with E-state index in [1.54, 1.807) is 30.2 Å². The molecule has 7 nitrogen and oxygen atoms in total. The first-order valence-corrected chi connectivity index (χ1v) is 11.5. The van der Waals surface area contributed by atoms with Gasteiger partial charge in [0, 0.05) is 6.54 Å². The van der Waals surface area contributed by atoms with E-state index in [2.05, 4.69) is 15.5 Å². The number of piperidine rings is 1. The lowest BCUT2D eigenvalue weighted by molar-refractivity contribution is -0.123. The van der Waals surface area contributed by atoms with E-state index >= 15 is 0 Å². The molecule has 2 atom stereocenters. The summed E-state index contributed by atoms with van der Waals surface area (Å²) in [5, 5.41) is 5.83. The van der Waals surface area contributed by atoms with Crippen molar-refractivity contribution in [3.05, 3.63) is 48.3 Å². The first kappa shape index (κ1) is 21.5. The van der Waals surface area contributed by atoms with Gasteiger partial charge < -0.3 is 19.5 Å². The average molecular weight is 420 g/mol. The van der Waals surface area contributed by atoms with Gasteiger partial charge in [0.2, 0.25) is 5.91 Å². The van der Waals surface area contributed by atoms with Gasteiger partial charge in [-0.05, 0) is 68.6 Å². The summed E-state index contributed by atoms with van der Waals surface area (Å²) in [6, 6.07) is 6.45. The fourth-order valence-corrected chi connectivity index (χ4v) is 4.05. The van der Waals surface area contributed by atoms with Crippen LogP contribution in [0.2, 0.25) is 0 Å². The number of thioether (sulfide) groups is 1. The molecule has 0 unspecified atom stereocenters. The highest BCUT2D eigenvalue weighted by atomic mass is 32.2. The number of amides is 2. The molecule has 1 aliphatic heterocycles. The number of nitrogens with one attached hydrogen (secondary N) is 2. The molecule has 2 amide bonds. The summed E-state index contributed by atoms with van der Waals surface area (Å²) in [4.78, 5) is 27.6. The Morgan fingerprint density at radius 3 is 2.55 bits per heavy atom. The predicted octanol–water partition coefficient (Wildman–Crippen LogP) is 3.07. The molecule has 8 heteroatoms. The van der Waals surface area contributed by atoms with E-state index in [0.717, 1.165) is 37.4 Å². The summed E-state index contributed by atoms with van der Waals surface area (Å²) in [5.41, 5.74) is 0. The fraction of sp³-hybridized carbons (Fsp3) is 0.524. The van der Waals surface area contributed by atoms with Gasteiger partial charge in [0.1, 0.15) is 11.8 Å². The Balaban J connectivity index is 1.62. The summed E-state index contributed by atoms with van der Waals surface area (Å²) < 4.78 is 10.8. The van der Waals surface area contributed by atoms with Gasteiger partial charge in [-0.2, -0.15) is 11.8 Å². The van der Waals surface area contributed by atoms with Gasteiger partial charge in [-0.25, -0.2) is 0 Å². The maximum Gasteiger partial charge on any atom is 0.287 e. The highest BCUT2D eigenvalue weighted by Crippen LogP contribution is 2.24. The molecule has 1 saturated heterocycles. The standard InChI is InChI=1S/C21H29N3O4S/c1-29-14-9-16(23-21(26)19-8-6-13-28-19)20(25)22-15-17(18-7-5-12-27-18)24-10-3-2-4-11-24/h5-8,12-13,16-17H,2-4,9-11,14-15H2,1H3,(H,22,25)(H,23,26)/t16-,17-/m1/s1. The van der Waals surface area contributed by atoms with Crippen LogP contribution in [0.25, 0.3) is 0 Å². The molecule has 0 saturated carbocycles. The Labute approximate surface area is 175 Å². The van der Waals surface area contributed by atoms with E-state index in [4.69, 9.17) is 8.83 Å². The monoisotopic (exact) mass is 419 g/mol. The number of likely N-dealkylation sites (tertiary alicyclic amines) is 1. The molecular formula is C21H29N3O4S. The quantitative estimate of drug-likeness (QED) is 0.615. The van der Waals surface area contributed by atoms with Crippen LogP contribution in [0, 0.1) is 0 Å². The van der Waals surface area contributed by atoms with E-state index < -0.39 is 6.04 Å². The maximum absolute atomic E-state index is 12.9. The number of carbonyl (C=O) groups excluding carboxylic acids is 2. The van der Waals surface area contributed by atoms with Crippen LogP contribution in [-0.4, -0.2) is 54.4 Å². The van der Waals surface area contributed by atoms with Crippen LogP contribution in [-0.2, 0) is 4.79 Å². The number of hydrogen-bond acceptors (Lipinski definition) is 6. The van der Waals surface area contributed by atoms with Gasteiger partial charge in [-0.15, -0.1) is 0 Å². The van der Waals surface area contributed by atoms with Crippen molar-refractivity contribution in [1.82, 2.24) is 15.5 Å². The Bertz CT molecular complexity index is 742. The molecule has 0 radical (unpaired) electrons. The van der Waals surface area contributed by atoms with Crippen LogP contribution in [0.5, 0.6) is 0 Å². The second kappa shape index (κ2) is 11.1. The first-order valence-electron chi connectivity index (χ1n) is 10.1. The number of nitrogens with zero attached hydrogens (tertiary/aromatic N) is 1. The lowest BCUT2D eigenvalue weighted by atomic mass is 10.1. The molecule has 1 fully saturated rings. The van der Waals surface area contributed by atoms with Gasteiger partial charge in [-0.3, -0.25) is 14.5 Å². The molecule has 2 aromatic rings. The Morgan fingerprint density at radius 1 is 1.14 bits per heavy atom. The largest absolute Gasteiger partial charge is 0.468 e. The third-order valence-electron chi connectivity index (χ3n) is 5.15. The van der Waals surface area contributed by atoms with Crippen LogP contribution in [0.1, 0.15) is 48.0 Å². The summed E-state index contributed by atoms with van der Waals surface area (Å²) in [6.45, 7) is 2.43. The molecule has 0 aliphatic carbocycles. The van der Waals surface area contributed by atoms with Crippen molar-refractivity contribution in [1.29, 1.82) is 0 Å². The van der Waals surface area contributed by atoms with Gasteiger partial charge >= 0.3 is 0 Å². The third-order valence-corrected chi connectivity index (χ3v) is 5.79. The van der Waals surface area contributed by atoms with E-state index in [0.29, 0.717) is 13.0 Å². The predicted molar refractivity (Wildman–Crippen MR) is 113 cm³/mol. The molecule has 0 aromatic carbocycles. The molecule has 29 heavy (non-hydrogen) atoms. The SMILES string of the molecule is CSCC[C@@H](NC(=O)c1ccco1)C(=O)NC[C@H](c1ccco1)N1CCCCC1. The van der Waals surface area contributed by atoms with E-state index in [1.807, 2.05) is 18.4 Å². The van der Waals surface area contributed by atoms with Crippen LogP contribution in [0.15, 0.2) is 45.6 Å². The number of carbonyl (C=O) groups is 2. The molecule has 158 valence electrons. The highest BCUT2D eigenvalue weighted by molar-refractivity contribution is 7.98. The van der Waals surface area contributed by atoms with E-state index in [-0.39, 0.29) is 23.6 Å². The van der Waals surface area contributed by atoms with Crippen LogP contribution in [0.4, 0.5) is 0 Å². The van der Waals surface area contributed by atoms with E-state index in [9.17, 15) is 9.59 Å². The number of furan rings is 2. The van der Waals surface area contributed by atoms with Gasteiger partial charge in [0.05, 0.1) is 18.6 Å². The molecule has 3 heterocycles. The summed E-state index contributed by atoms with van der Waals surface area (Å²) in [6.07, 6.45) is 9.18. The molecule has 2 N–H and O–H groups in total. The van der Waals surface area contributed by atoms with Crippen LogP contribution < -0.4 is 10.6 Å². The van der Waals surface area contributed by atoms with Crippen LogP contribution in [0.3, 0.4) is 0 Å². The van der Waals surface area contributed by atoms with Crippen molar-refractivity contribution in [3.63, 3.8) is 0 Å². The van der Waals surface area contributed by atoms with E-state index in [1.165, 1.54) is 12.7 Å². The van der Waals surface area contributed by atoms with Crippen molar-refractivity contribution >= 4 is 23.6 Å².